The molecule has 3 aromatic rings. The van der Waals surface area contributed by atoms with Gasteiger partial charge in [0.1, 0.15) is 0 Å². The van der Waals surface area contributed by atoms with Crippen molar-refractivity contribution in [2.75, 3.05) is 20.3 Å². The highest BCUT2D eigenvalue weighted by Crippen LogP contribution is 2.23. The molecule has 1 aromatic heterocycles. The standard InChI is InChI=1S/C19H19ClN4O2/c1-26-12-6-11-21-19(25)17-22-18(14-7-5-8-15(20)13-14)24(23-17)16-9-3-2-4-10-16/h2-5,7-10,13H,6,11-12H2,1H3,(H,21,25). The van der Waals surface area contributed by atoms with Gasteiger partial charge in [0.15, 0.2) is 5.82 Å². The number of ether oxygens (including phenoxy) is 1. The number of hydrogen-bond donors (Lipinski definition) is 1. The lowest BCUT2D eigenvalue weighted by atomic mass is 10.2. The van der Waals surface area contributed by atoms with E-state index in [2.05, 4.69) is 15.4 Å². The lowest BCUT2D eigenvalue weighted by Gasteiger charge is -2.05. The second-order valence-electron chi connectivity index (χ2n) is 5.62. The van der Waals surface area contributed by atoms with Crippen molar-refractivity contribution in [3.8, 4) is 17.1 Å². The van der Waals surface area contributed by atoms with Crippen LogP contribution >= 0.6 is 11.6 Å². The molecule has 0 radical (unpaired) electrons. The van der Waals surface area contributed by atoms with Crippen LogP contribution in [0, 0.1) is 0 Å². The van der Waals surface area contributed by atoms with Crippen LogP contribution < -0.4 is 5.32 Å². The first-order valence-electron chi connectivity index (χ1n) is 8.24. The van der Waals surface area contributed by atoms with Gasteiger partial charge in [0.2, 0.25) is 5.82 Å². The number of nitrogens with zero attached hydrogens (tertiary/aromatic N) is 3. The number of rotatable bonds is 7. The summed E-state index contributed by atoms with van der Waals surface area (Å²) in [6.07, 6.45) is 0.725. The van der Waals surface area contributed by atoms with Crippen LogP contribution in [0.2, 0.25) is 5.02 Å². The molecular formula is C19H19ClN4O2. The van der Waals surface area contributed by atoms with E-state index in [1.807, 2.05) is 42.5 Å². The number of halogens is 1. The van der Waals surface area contributed by atoms with Crippen molar-refractivity contribution in [2.24, 2.45) is 0 Å². The number of carbonyl (C=O) groups excluding carboxylic acids is 1. The molecule has 7 heteroatoms. The highest BCUT2D eigenvalue weighted by Gasteiger charge is 2.18. The molecule has 6 nitrogen and oxygen atoms in total. The second kappa shape index (κ2) is 8.60. The summed E-state index contributed by atoms with van der Waals surface area (Å²) >= 11 is 6.11. The molecule has 2 aromatic carbocycles. The molecule has 0 fully saturated rings. The van der Waals surface area contributed by atoms with Gasteiger partial charge >= 0.3 is 0 Å². The van der Waals surface area contributed by atoms with Gasteiger partial charge in [0.25, 0.3) is 5.91 Å². The van der Waals surface area contributed by atoms with Gasteiger partial charge in [0, 0.05) is 30.8 Å². The van der Waals surface area contributed by atoms with E-state index in [0.717, 1.165) is 17.7 Å². The Morgan fingerprint density at radius 1 is 1.19 bits per heavy atom. The van der Waals surface area contributed by atoms with Gasteiger partial charge in [-0.05, 0) is 30.7 Å². The zero-order valence-corrected chi connectivity index (χ0v) is 15.1. The largest absolute Gasteiger partial charge is 0.385 e. The van der Waals surface area contributed by atoms with Crippen molar-refractivity contribution in [3.05, 3.63) is 65.4 Å². The van der Waals surface area contributed by atoms with Crippen molar-refractivity contribution in [1.82, 2.24) is 20.1 Å². The predicted octanol–water partition coefficient (Wildman–Crippen LogP) is 3.35. The first-order valence-corrected chi connectivity index (χ1v) is 8.62. The SMILES string of the molecule is COCCCNC(=O)c1nc(-c2cccc(Cl)c2)n(-c2ccccc2)n1. The van der Waals surface area contributed by atoms with E-state index in [0.29, 0.717) is 24.0 Å². The fourth-order valence-corrected chi connectivity index (χ4v) is 2.66. The molecule has 0 aliphatic rings. The van der Waals surface area contributed by atoms with E-state index in [9.17, 15) is 4.79 Å². The van der Waals surface area contributed by atoms with Crippen LogP contribution in [-0.2, 0) is 4.74 Å². The van der Waals surface area contributed by atoms with Gasteiger partial charge in [-0.25, -0.2) is 9.67 Å². The van der Waals surface area contributed by atoms with Crippen LogP contribution in [0.15, 0.2) is 54.6 Å². The molecule has 1 heterocycles. The minimum Gasteiger partial charge on any atom is -0.385 e. The minimum absolute atomic E-state index is 0.112. The quantitative estimate of drug-likeness (QED) is 0.647. The van der Waals surface area contributed by atoms with Crippen molar-refractivity contribution >= 4 is 17.5 Å². The Bertz CT molecular complexity index is 880. The predicted molar refractivity (Wildman–Crippen MR) is 101 cm³/mol. The Labute approximate surface area is 156 Å². The van der Waals surface area contributed by atoms with Gasteiger partial charge in [-0.15, -0.1) is 5.10 Å². The molecule has 26 heavy (non-hydrogen) atoms. The molecule has 0 bridgehead atoms. The van der Waals surface area contributed by atoms with E-state index in [-0.39, 0.29) is 11.7 Å². The number of aromatic nitrogens is 3. The smallest absolute Gasteiger partial charge is 0.290 e. The number of para-hydroxylation sites is 1. The van der Waals surface area contributed by atoms with Crippen LogP contribution in [0.1, 0.15) is 17.0 Å². The van der Waals surface area contributed by atoms with E-state index >= 15 is 0 Å². The lowest BCUT2D eigenvalue weighted by Crippen LogP contribution is -2.26. The zero-order chi connectivity index (χ0) is 18.4. The maximum atomic E-state index is 12.4. The molecular weight excluding hydrogens is 352 g/mol. The first kappa shape index (κ1) is 18.1. The van der Waals surface area contributed by atoms with Crippen molar-refractivity contribution in [3.63, 3.8) is 0 Å². The van der Waals surface area contributed by atoms with Gasteiger partial charge in [-0.2, -0.15) is 0 Å². The zero-order valence-electron chi connectivity index (χ0n) is 14.4. The fraction of sp³-hybridized carbons (Fsp3) is 0.211. The number of nitrogens with one attached hydrogen (secondary N) is 1. The summed E-state index contributed by atoms with van der Waals surface area (Å²) < 4.78 is 6.63. The summed E-state index contributed by atoms with van der Waals surface area (Å²) in [4.78, 5) is 16.8. The number of methoxy groups -OCH3 is 1. The number of hydrogen-bond acceptors (Lipinski definition) is 4. The molecule has 0 aliphatic heterocycles. The topological polar surface area (TPSA) is 69.0 Å². The molecule has 1 amide bonds. The summed E-state index contributed by atoms with van der Waals surface area (Å²) in [7, 11) is 1.63. The van der Waals surface area contributed by atoms with Crippen LogP contribution in [0.3, 0.4) is 0 Å². The highest BCUT2D eigenvalue weighted by molar-refractivity contribution is 6.30. The van der Waals surface area contributed by atoms with E-state index in [1.165, 1.54) is 0 Å². The third-order valence-corrected chi connectivity index (χ3v) is 3.94. The molecule has 0 atom stereocenters. The number of carbonyl (C=O) groups is 1. The van der Waals surface area contributed by atoms with Gasteiger partial charge < -0.3 is 10.1 Å². The molecule has 0 aliphatic carbocycles. The minimum atomic E-state index is -0.320. The Hall–Kier alpha value is -2.70. The summed E-state index contributed by atoms with van der Waals surface area (Å²) in [5.74, 6) is 0.348. The Balaban J connectivity index is 1.94. The monoisotopic (exact) mass is 370 g/mol. The number of benzene rings is 2. The van der Waals surface area contributed by atoms with E-state index in [1.54, 1.807) is 23.9 Å². The Morgan fingerprint density at radius 3 is 2.73 bits per heavy atom. The Kier molecular flexibility index (Phi) is 5.99. The molecule has 0 spiro atoms. The third kappa shape index (κ3) is 4.28. The lowest BCUT2D eigenvalue weighted by molar-refractivity contribution is 0.0938. The van der Waals surface area contributed by atoms with Crippen molar-refractivity contribution < 1.29 is 9.53 Å². The molecule has 134 valence electrons. The maximum Gasteiger partial charge on any atom is 0.290 e. The maximum absolute atomic E-state index is 12.4. The van der Waals surface area contributed by atoms with Crippen molar-refractivity contribution in [1.29, 1.82) is 0 Å². The number of amides is 1. The third-order valence-electron chi connectivity index (χ3n) is 3.70. The van der Waals surface area contributed by atoms with Gasteiger partial charge in [-0.1, -0.05) is 41.9 Å². The molecule has 0 saturated heterocycles. The van der Waals surface area contributed by atoms with Crippen LogP contribution in [-0.4, -0.2) is 40.9 Å². The van der Waals surface area contributed by atoms with Crippen LogP contribution in [0.4, 0.5) is 0 Å². The first-order chi connectivity index (χ1) is 12.7. The molecule has 1 N–H and O–H groups in total. The van der Waals surface area contributed by atoms with Crippen LogP contribution in [0.25, 0.3) is 17.1 Å². The Morgan fingerprint density at radius 2 is 2.00 bits per heavy atom. The summed E-state index contributed by atoms with van der Waals surface area (Å²) in [6.45, 7) is 1.08. The highest BCUT2D eigenvalue weighted by atomic mass is 35.5. The molecule has 3 rings (SSSR count). The van der Waals surface area contributed by atoms with Gasteiger partial charge in [0.05, 0.1) is 5.69 Å². The van der Waals surface area contributed by atoms with Crippen molar-refractivity contribution in [2.45, 2.75) is 6.42 Å². The van der Waals surface area contributed by atoms with Gasteiger partial charge in [-0.3, -0.25) is 4.79 Å². The normalized spacial score (nSPS) is 10.7. The molecule has 0 saturated carbocycles. The van der Waals surface area contributed by atoms with Crippen LogP contribution in [0.5, 0.6) is 0 Å². The summed E-state index contributed by atoms with van der Waals surface area (Å²) in [5, 5.41) is 7.80. The van der Waals surface area contributed by atoms with E-state index in [4.69, 9.17) is 16.3 Å². The average Bonchev–Trinajstić information content (AvgIpc) is 3.11. The second-order valence-corrected chi connectivity index (χ2v) is 6.06. The van der Waals surface area contributed by atoms with E-state index < -0.39 is 0 Å². The summed E-state index contributed by atoms with van der Waals surface area (Å²) in [5.41, 5.74) is 1.60. The fourth-order valence-electron chi connectivity index (χ4n) is 2.47. The average molecular weight is 371 g/mol. The molecule has 0 unspecified atom stereocenters. The summed E-state index contributed by atoms with van der Waals surface area (Å²) in [6, 6.07) is 16.9.